The summed E-state index contributed by atoms with van der Waals surface area (Å²) in [4.78, 5) is 11.6. The molecular formula is C16H18N2O3. The predicted octanol–water partition coefficient (Wildman–Crippen LogP) is 3.12. The van der Waals surface area contributed by atoms with E-state index in [1.807, 2.05) is 25.1 Å². The SMILES string of the molecule is COC(=O)c1cc(Nc2ccc(OC)c(C)c2)ccc1N. The molecule has 5 nitrogen and oxygen atoms in total. The third-order valence-corrected chi connectivity index (χ3v) is 3.14. The summed E-state index contributed by atoms with van der Waals surface area (Å²) >= 11 is 0. The molecule has 0 atom stereocenters. The Morgan fingerprint density at radius 1 is 1.10 bits per heavy atom. The number of nitrogens with two attached hydrogens (primary N) is 1. The Kier molecular flexibility index (Phi) is 4.33. The van der Waals surface area contributed by atoms with Gasteiger partial charge in [-0.25, -0.2) is 4.79 Å². The summed E-state index contributed by atoms with van der Waals surface area (Å²) in [5, 5.41) is 3.22. The van der Waals surface area contributed by atoms with E-state index >= 15 is 0 Å². The van der Waals surface area contributed by atoms with Gasteiger partial charge in [-0.05, 0) is 48.9 Å². The van der Waals surface area contributed by atoms with Crippen molar-refractivity contribution in [2.24, 2.45) is 0 Å². The van der Waals surface area contributed by atoms with E-state index in [2.05, 4.69) is 5.32 Å². The van der Waals surface area contributed by atoms with Crippen LogP contribution in [0.2, 0.25) is 0 Å². The first-order valence-electron chi connectivity index (χ1n) is 6.44. The van der Waals surface area contributed by atoms with Gasteiger partial charge in [0.05, 0.1) is 19.8 Å². The highest BCUT2D eigenvalue weighted by Crippen LogP contribution is 2.26. The van der Waals surface area contributed by atoms with Gasteiger partial charge in [-0.1, -0.05) is 0 Å². The lowest BCUT2D eigenvalue weighted by Gasteiger charge is -2.11. The van der Waals surface area contributed by atoms with Crippen molar-refractivity contribution in [2.75, 3.05) is 25.3 Å². The lowest BCUT2D eigenvalue weighted by atomic mass is 10.1. The van der Waals surface area contributed by atoms with Crippen molar-refractivity contribution >= 4 is 23.0 Å². The fourth-order valence-corrected chi connectivity index (χ4v) is 2.04. The van der Waals surface area contributed by atoms with Crippen molar-refractivity contribution in [3.05, 3.63) is 47.5 Å². The zero-order valence-corrected chi connectivity index (χ0v) is 12.3. The number of aryl methyl sites for hydroxylation is 1. The Morgan fingerprint density at radius 3 is 2.38 bits per heavy atom. The molecule has 0 heterocycles. The molecule has 0 spiro atoms. The number of benzene rings is 2. The zero-order chi connectivity index (χ0) is 15.4. The summed E-state index contributed by atoms with van der Waals surface area (Å²) < 4.78 is 9.93. The van der Waals surface area contributed by atoms with E-state index in [4.69, 9.17) is 15.2 Å². The number of anilines is 3. The van der Waals surface area contributed by atoms with Gasteiger partial charge in [0, 0.05) is 17.1 Å². The second-order valence-corrected chi connectivity index (χ2v) is 4.60. The van der Waals surface area contributed by atoms with Gasteiger partial charge in [-0.15, -0.1) is 0 Å². The molecule has 0 radical (unpaired) electrons. The maximum absolute atomic E-state index is 11.6. The maximum atomic E-state index is 11.6. The summed E-state index contributed by atoms with van der Waals surface area (Å²) in [7, 11) is 2.97. The van der Waals surface area contributed by atoms with Gasteiger partial charge in [-0.3, -0.25) is 0 Å². The van der Waals surface area contributed by atoms with Crippen molar-refractivity contribution in [3.8, 4) is 5.75 Å². The Balaban J connectivity index is 2.27. The minimum atomic E-state index is -0.456. The van der Waals surface area contributed by atoms with Crippen LogP contribution in [-0.2, 0) is 4.74 Å². The molecule has 0 aromatic heterocycles. The topological polar surface area (TPSA) is 73.6 Å². The van der Waals surface area contributed by atoms with Crippen LogP contribution in [0.25, 0.3) is 0 Å². The lowest BCUT2D eigenvalue weighted by Crippen LogP contribution is -2.06. The van der Waals surface area contributed by atoms with E-state index in [1.165, 1.54) is 7.11 Å². The first-order chi connectivity index (χ1) is 10.0. The molecule has 2 aromatic rings. The molecule has 0 fully saturated rings. The molecule has 0 aliphatic carbocycles. The Labute approximate surface area is 123 Å². The number of rotatable bonds is 4. The van der Waals surface area contributed by atoms with Crippen LogP contribution in [0.15, 0.2) is 36.4 Å². The average molecular weight is 286 g/mol. The van der Waals surface area contributed by atoms with Crippen molar-refractivity contribution < 1.29 is 14.3 Å². The van der Waals surface area contributed by atoms with E-state index in [0.717, 1.165) is 22.7 Å². The van der Waals surface area contributed by atoms with Gasteiger partial charge in [-0.2, -0.15) is 0 Å². The number of carbonyl (C=O) groups is 1. The third kappa shape index (κ3) is 3.25. The molecule has 21 heavy (non-hydrogen) atoms. The van der Waals surface area contributed by atoms with Crippen molar-refractivity contribution in [1.82, 2.24) is 0 Å². The smallest absolute Gasteiger partial charge is 0.340 e. The van der Waals surface area contributed by atoms with Crippen LogP contribution < -0.4 is 15.8 Å². The number of methoxy groups -OCH3 is 2. The normalized spacial score (nSPS) is 10.0. The highest BCUT2D eigenvalue weighted by Gasteiger charge is 2.11. The van der Waals surface area contributed by atoms with Crippen LogP contribution in [0.5, 0.6) is 5.75 Å². The third-order valence-electron chi connectivity index (χ3n) is 3.14. The first kappa shape index (κ1) is 14.7. The molecule has 0 saturated heterocycles. The van der Waals surface area contributed by atoms with Gasteiger partial charge >= 0.3 is 5.97 Å². The maximum Gasteiger partial charge on any atom is 0.340 e. The number of nitrogen functional groups attached to an aromatic ring is 1. The van der Waals surface area contributed by atoms with Crippen LogP contribution in [0, 0.1) is 6.92 Å². The van der Waals surface area contributed by atoms with Gasteiger partial charge in [0.25, 0.3) is 0 Å². The van der Waals surface area contributed by atoms with Gasteiger partial charge in [0.1, 0.15) is 5.75 Å². The summed E-state index contributed by atoms with van der Waals surface area (Å²) in [6.45, 7) is 1.97. The summed E-state index contributed by atoms with van der Waals surface area (Å²) in [5.74, 6) is 0.371. The molecule has 0 bridgehead atoms. The number of hydrogen-bond acceptors (Lipinski definition) is 5. The van der Waals surface area contributed by atoms with Crippen LogP contribution in [0.1, 0.15) is 15.9 Å². The quantitative estimate of drug-likeness (QED) is 0.667. The van der Waals surface area contributed by atoms with Gasteiger partial charge in [0.2, 0.25) is 0 Å². The van der Waals surface area contributed by atoms with E-state index in [1.54, 1.807) is 25.3 Å². The van der Waals surface area contributed by atoms with Crippen molar-refractivity contribution in [2.45, 2.75) is 6.92 Å². The summed E-state index contributed by atoms with van der Waals surface area (Å²) in [6.07, 6.45) is 0. The molecule has 110 valence electrons. The molecule has 0 unspecified atom stereocenters. The molecule has 5 heteroatoms. The van der Waals surface area contributed by atoms with Crippen LogP contribution >= 0.6 is 0 Å². The second kappa shape index (κ2) is 6.17. The lowest BCUT2D eigenvalue weighted by molar-refractivity contribution is 0.0602. The predicted molar refractivity (Wildman–Crippen MR) is 83.2 cm³/mol. The Morgan fingerprint density at radius 2 is 1.76 bits per heavy atom. The number of ether oxygens (including phenoxy) is 2. The minimum Gasteiger partial charge on any atom is -0.496 e. The zero-order valence-electron chi connectivity index (χ0n) is 12.3. The second-order valence-electron chi connectivity index (χ2n) is 4.60. The van der Waals surface area contributed by atoms with Crippen LogP contribution in [0.4, 0.5) is 17.1 Å². The standard InChI is InChI=1S/C16H18N2O3/c1-10-8-11(5-7-15(10)20-2)18-12-4-6-14(17)13(9-12)16(19)21-3/h4-9,18H,17H2,1-3H3. The van der Waals surface area contributed by atoms with Gasteiger partial charge < -0.3 is 20.5 Å². The molecular weight excluding hydrogens is 268 g/mol. The minimum absolute atomic E-state index is 0.340. The molecule has 3 N–H and O–H groups in total. The Hall–Kier alpha value is -2.69. The summed E-state index contributed by atoms with van der Waals surface area (Å²) in [5.41, 5.74) is 9.18. The van der Waals surface area contributed by atoms with Crippen LogP contribution in [0.3, 0.4) is 0 Å². The molecule has 0 saturated carbocycles. The first-order valence-corrected chi connectivity index (χ1v) is 6.44. The van der Waals surface area contributed by atoms with E-state index in [0.29, 0.717) is 11.3 Å². The van der Waals surface area contributed by atoms with E-state index in [9.17, 15) is 4.79 Å². The fourth-order valence-electron chi connectivity index (χ4n) is 2.04. The molecule has 2 aromatic carbocycles. The number of hydrogen-bond donors (Lipinski definition) is 2. The molecule has 0 aliphatic rings. The van der Waals surface area contributed by atoms with E-state index in [-0.39, 0.29) is 0 Å². The number of nitrogens with one attached hydrogen (secondary N) is 1. The van der Waals surface area contributed by atoms with Gasteiger partial charge in [0.15, 0.2) is 0 Å². The number of carbonyl (C=O) groups excluding carboxylic acids is 1. The highest BCUT2D eigenvalue weighted by molar-refractivity contribution is 5.96. The van der Waals surface area contributed by atoms with Crippen LogP contribution in [-0.4, -0.2) is 20.2 Å². The number of esters is 1. The largest absolute Gasteiger partial charge is 0.496 e. The molecule has 0 aliphatic heterocycles. The van der Waals surface area contributed by atoms with Crippen molar-refractivity contribution in [1.29, 1.82) is 0 Å². The van der Waals surface area contributed by atoms with E-state index < -0.39 is 5.97 Å². The average Bonchev–Trinajstić information content (AvgIpc) is 2.48. The monoisotopic (exact) mass is 286 g/mol. The molecule has 2 rings (SSSR count). The highest BCUT2D eigenvalue weighted by atomic mass is 16.5. The fraction of sp³-hybridized carbons (Fsp3) is 0.188. The molecule has 0 amide bonds. The Bertz CT molecular complexity index is 669. The summed E-state index contributed by atoms with van der Waals surface area (Å²) in [6, 6.07) is 10.9. The van der Waals surface area contributed by atoms with Crippen molar-refractivity contribution in [3.63, 3.8) is 0 Å².